The Hall–Kier alpha value is -2.07. The van der Waals surface area contributed by atoms with E-state index in [4.69, 9.17) is 15.2 Å². The number of hydrogen-bond acceptors (Lipinski definition) is 4. The van der Waals surface area contributed by atoms with Gasteiger partial charge < -0.3 is 15.2 Å². The number of hydrogen-bond donors (Lipinski definition) is 1. The molecule has 2 rings (SSSR count). The van der Waals surface area contributed by atoms with Crippen molar-refractivity contribution in [2.75, 3.05) is 14.2 Å². The second kappa shape index (κ2) is 6.14. The van der Waals surface area contributed by atoms with Gasteiger partial charge in [0.15, 0.2) is 11.5 Å². The summed E-state index contributed by atoms with van der Waals surface area (Å²) in [5, 5.41) is 0. The Labute approximate surface area is 125 Å². The number of aromatic nitrogens is 1. The topological polar surface area (TPSA) is 57.4 Å². The van der Waals surface area contributed by atoms with Gasteiger partial charge in [-0.1, -0.05) is 12.1 Å². The predicted octanol–water partition coefficient (Wildman–Crippen LogP) is 2.82. The molecule has 0 aliphatic heterocycles. The van der Waals surface area contributed by atoms with Crippen LogP contribution in [0.1, 0.15) is 23.6 Å². The fourth-order valence-electron chi connectivity index (χ4n) is 2.38. The monoisotopic (exact) mass is 286 g/mol. The molecule has 4 nitrogen and oxygen atoms in total. The van der Waals surface area contributed by atoms with Gasteiger partial charge >= 0.3 is 0 Å². The van der Waals surface area contributed by atoms with Gasteiger partial charge in [-0.3, -0.25) is 4.98 Å². The number of pyridine rings is 1. The number of benzene rings is 1. The third kappa shape index (κ3) is 3.52. The highest BCUT2D eigenvalue weighted by molar-refractivity contribution is 5.43. The summed E-state index contributed by atoms with van der Waals surface area (Å²) in [5.74, 6) is 1.44. The van der Waals surface area contributed by atoms with Crippen LogP contribution in [-0.4, -0.2) is 19.2 Å². The van der Waals surface area contributed by atoms with Crippen molar-refractivity contribution in [1.82, 2.24) is 4.98 Å². The van der Waals surface area contributed by atoms with Gasteiger partial charge in [-0.15, -0.1) is 0 Å². The fourth-order valence-corrected chi connectivity index (χ4v) is 2.38. The number of nitrogens with two attached hydrogens (primary N) is 1. The maximum absolute atomic E-state index is 6.49. The molecule has 0 radical (unpaired) electrons. The number of ether oxygens (including phenoxy) is 2. The molecule has 0 amide bonds. The lowest BCUT2D eigenvalue weighted by molar-refractivity contribution is 0.354. The molecular weight excluding hydrogens is 264 g/mol. The zero-order valence-electron chi connectivity index (χ0n) is 13.0. The van der Waals surface area contributed by atoms with E-state index in [2.05, 4.69) is 11.1 Å². The van der Waals surface area contributed by atoms with Gasteiger partial charge in [0.05, 0.1) is 14.2 Å². The highest BCUT2D eigenvalue weighted by atomic mass is 16.5. The van der Waals surface area contributed by atoms with E-state index in [1.807, 2.05) is 44.4 Å². The van der Waals surface area contributed by atoms with Crippen molar-refractivity contribution in [3.8, 4) is 11.5 Å². The molecule has 1 unspecified atom stereocenters. The molecule has 1 aromatic carbocycles. The Morgan fingerprint density at radius 1 is 1.10 bits per heavy atom. The quantitative estimate of drug-likeness (QED) is 0.918. The van der Waals surface area contributed by atoms with Gasteiger partial charge in [-0.05, 0) is 49.1 Å². The van der Waals surface area contributed by atoms with Crippen LogP contribution in [0.5, 0.6) is 11.5 Å². The molecule has 0 aliphatic rings. The molecule has 1 heterocycles. The lowest BCUT2D eigenvalue weighted by atomic mass is 9.87. The van der Waals surface area contributed by atoms with E-state index in [0.29, 0.717) is 12.2 Å². The summed E-state index contributed by atoms with van der Waals surface area (Å²) in [6.45, 7) is 4.03. The number of rotatable bonds is 5. The van der Waals surface area contributed by atoms with E-state index in [1.165, 1.54) is 0 Å². The summed E-state index contributed by atoms with van der Waals surface area (Å²) >= 11 is 0. The van der Waals surface area contributed by atoms with Crippen molar-refractivity contribution < 1.29 is 9.47 Å². The molecule has 21 heavy (non-hydrogen) atoms. The largest absolute Gasteiger partial charge is 0.493 e. The Morgan fingerprint density at radius 3 is 2.43 bits per heavy atom. The molecule has 1 atom stereocenters. The Morgan fingerprint density at radius 2 is 1.81 bits per heavy atom. The van der Waals surface area contributed by atoms with Crippen LogP contribution in [0.4, 0.5) is 0 Å². The van der Waals surface area contributed by atoms with Crippen molar-refractivity contribution in [3.05, 3.63) is 53.3 Å². The first-order valence-corrected chi connectivity index (χ1v) is 6.88. The van der Waals surface area contributed by atoms with Gasteiger partial charge in [0.25, 0.3) is 0 Å². The zero-order chi connectivity index (χ0) is 15.5. The highest BCUT2D eigenvalue weighted by Gasteiger charge is 2.23. The second-order valence-corrected chi connectivity index (χ2v) is 5.53. The molecule has 0 spiro atoms. The number of aryl methyl sites for hydroxylation is 1. The van der Waals surface area contributed by atoms with E-state index in [1.54, 1.807) is 14.2 Å². The van der Waals surface area contributed by atoms with Crippen LogP contribution < -0.4 is 15.2 Å². The van der Waals surface area contributed by atoms with Crippen molar-refractivity contribution in [1.29, 1.82) is 0 Å². The predicted molar refractivity (Wildman–Crippen MR) is 83.8 cm³/mol. The Bertz CT molecular complexity index is 624. The molecule has 0 saturated heterocycles. The van der Waals surface area contributed by atoms with Gasteiger partial charge in [0.2, 0.25) is 0 Å². The first-order valence-electron chi connectivity index (χ1n) is 6.88. The third-order valence-corrected chi connectivity index (χ3v) is 3.55. The zero-order valence-corrected chi connectivity index (χ0v) is 13.0. The summed E-state index contributed by atoms with van der Waals surface area (Å²) in [6, 6.07) is 7.95. The average Bonchev–Trinajstić information content (AvgIpc) is 2.46. The normalized spacial score (nSPS) is 13.6. The molecule has 2 aromatic rings. The molecule has 0 bridgehead atoms. The highest BCUT2D eigenvalue weighted by Crippen LogP contribution is 2.30. The number of methoxy groups -OCH3 is 2. The second-order valence-electron chi connectivity index (χ2n) is 5.53. The van der Waals surface area contributed by atoms with Crippen molar-refractivity contribution in [2.45, 2.75) is 25.8 Å². The van der Waals surface area contributed by atoms with Crippen molar-refractivity contribution >= 4 is 0 Å². The van der Waals surface area contributed by atoms with E-state index >= 15 is 0 Å². The van der Waals surface area contributed by atoms with E-state index in [0.717, 1.165) is 22.4 Å². The molecule has 1 aromatic heterocycles. The van der Waals surface area contributed by atoms with Crippen LogP contribution in [0.15, 0.2) is 36.7 Å². The van der Waals surface area contributed by atoms with Gasteiger partial charge in [0.1, 0.15) is 0 Å². The minimum atomic E-state index is -0.487. The minimum absolute atomic E-state index is 0.487. The van der Waals surface area contributed by atoms with E-state index < -0.39 is 5.54 Å². The third-order valence-electron chi connectivity index (χ3n) is 3.55. The standard InChI is InChI=1S/C17H22N2O2/c1-12-7-14(11-19-10-12)17(2,18)9-13-5-6-15(20-3)16(8-13)21-4/h5-8,10-11H,9,18H2,1-4H3. The first kappa shape index (κ1) is 15.3. The Kier molecular flexibility index (Phi) is 4.48. The maximum atomic E-state index is 6.49. The molecule has 112 valence electrons. The summed E-state index contributed by atoms with van der Waals surface area (Å²) in [4.78, 5) is 4.23. The van der Waals surface area contributed by atoms with Gasteiger partial charge in [0, 0.05) is 17.9 Å². The summed E-state index contributed by atoms with van der Waals surface area (Å²) in [7, 11) is 3.26. The van der Waals surface area contributed by atoms with Crippen LogP contribution in [-0.2, 0) is 12.0 Å². The first-order chi connectivity index (χ1) is 9.96. The SMILES string of the molecule is COc1ccc(CC(C)(N)c2cncc(C)c2)cc1OC. The Balaban J connectivity index is 2.28. The van der Waals surface area contributed by atoms with Crippen molar-refractivity contribution in [2.24, 2.45) is 5.73 Å². The smallest absolute Gasteiger partial charge is 0.160 e. The molecule has 0 fully saturated rings. The molecule has 0 saturated carbocycles. The minimum Gasteiger partial charge on any atom is -0.493 e. The van der Waals surface area contributed by atoms with Crippen LogP contribution in [0.2, 0.25) is 0 Å². The summed E-state index contributed by atoms with van der Waals surface area (Å²) in [5.41, 5.74) is 9.23. The number of nitrogens with zero attached hydrogens (tertiary/aromatic N) is 1. The van der Waals surface area contributed by atoms with Crippen LogP contribution >= 0.6 is 0 Å². The summed E-state index contributed by atoms with van der Waals surface area (Å²) in [6.07, 6.45) is 4.35. The maximum Gasteiger partial charge on any atom is 0.160 e. The lowest BCUT2D eigenvalue weighted by Gasteiger charge is -2.25. The van der Waals surface area contributed by atoms with Crippen LogP contribution in [0.3, 0.4) is 0 Å². The molecule has 2 N–H and O–H groups in total. The molecular formula is C17H22N2O2. The van der Waals surface area contributed by atoms with E-state index in [9.17, 15) is 0 Å². The van der Waals surface area contributed by atoms with Gasteiger partial charge in [-0.25, -0.2) is 0 Å². The average molecular weight is 286 g/mol. The van der Waals surface area contributed by atoms with Crippen LogP contribution in [0.25, 0.3) is 0 Å². The molecule has 4 heteroatoms. The van der Waals surface area contributed by atoms with Crippen molar-refractivity contribution in [3.63, 3.8) is 0 Å². The summed E-state index contributed by atoms with van der Waals surface area (Å²) < 4.78 is 10.6. The fraction of sp³-hybridized carbons (Fsp3) is 0.353. The van der Waals surface area contributed by atoms with Gasteiger partial charge in [-0.2, -0.15) is 0 Å². The van der Waals surface area contributed by atoms with Crippen LogP contribution in [0, 0.1) is 6.92 Å². The van der Waals surface area contributed by atoms with E-state index in [-0.39, 0.29) is 0 Å². The lowest BCUT2D eigenvalue weighted by Crippen LogP contribution is -2.35. The molecule has 0 aliphatic carbocycles.